The van der Waals surface area contributed by atoms with Gasteiger partial charge in [0, 0.05) is 20.4 Å². The van der Waals surface area contributed by atoms with Crippen LogP contribution in [0.4, 0.5) is 0 Å². The Morgan fingerprint density at radius 3 is 3.04 bits per heavy atom. The van der Waals surface area contributed by atoms with Crippen LogP contribution in [0.2, 0.25) is 0 Å². The van der Waals surface area contributed by atoms with Crippen LogP contribution < -0.4 is 5.32 Å². The molecule has 0 aliphatic carbocycles. The summed E-state index contributed by atoms with van der Waals surface area (Å²) >= 11 is 0. The molecule has 2 amide bonds. The largest absolute Gasteiger partial charge is 0.448 e. The van der Waals surface area contributed by atoms with E-state index < -0.39 is 0 Å². The fourth-order valence-electron chi connectivity index (χ4n) is 2.47. The van der Waals surface area contributed by atoms with Crippen molar-refractivity contribution in [2.75, 3.05) is 19.7 Å². The molecule has 1 unspecified atom stereocenters. The van der Waals surface area contributed by atoms with E-state index in [0.29, 0.717) is 43.7 Å². The van der Waals surface area contributed by atoms with Crippen LogP contribution in [0.5, 0.6) is 0 Å². The highest BCUT2D eigenvalue weighted by molar-refractivity contribution is 5.92. The number of nitrogens with zero attached hydrogens (tertiary/aromatic N) is 3. The van der Waals surface area contributed by atoms with E-state index in [1.165, 1.54) is 13.2 Å². The van der Waals surface area contributed by atoms with Gasteiger partial charge in [-0.3, -0.25) is 9.59 Å². The normalized spacial score (nSPS) is 17.8. The Balaban J connectivity index is 1.65. The zero-order valence-corrected chi connectivity index (χ0v) is 13.5. The Morgan fingerprint density at radius 1 is 1.50 bits per heavy atom. The number of carbonyl (C=O) groups is 2. The molecular weight excluding hydrogens is 314 g/mol. The molecule has 0 radical (unpaired) electrons. The molecule has 3 rings (SSSR count). The molecule has 2 aromatic heterocycles. The van der Waals surface area contributed by atoms with Crippen molar-refractivity contribution < 1.29 is 18.7 Å². The van der Waals surface area contributed by atoms with Gasteiger partial charge >= 0.3 is 0 Å². The molecule has 24 heavy (non-hydrogen) atoms. The van der Waals surface area contributed by atoms with E-state index >= 15 is 0 Å². The number of rotatable bonds is 4. The van der Waals surface area contributed by atoms with Gasteiger partial charge < -0.3 is 24.4 Å². The summed E-state index contributed by atoms with van der Waals surface area (Å²) in [4.78, 5) is 36.5. The summed E-state index contributed by atoms with van der Waals surface area (Å²) in [7, 11) is 0. The van der Waals surface area contributed by atoms with Crippen molar-refractivity contribution in [3.8, 4) is 0 Å². The quantitative estimate of drug-likeness (QED) is 0.845. The van der Waals surface area contributed by atoms with Crippen molar-refractivity contribution >= 4 is 11.8 Å². The van der Waals surface area contributed by atoms with Crippen molar-refractivity contribution in [2.45, 2.75) is 26.5 Å². The maximum atomic E-state index is 12.4. The fraction of sp³-hybridized carbons (Fsp3) is 0.467. The molecule has 9 nitrogen and oxygen atoms in total. The topological polar surface area (TPSA) is 113 Å². The standard InChI is InChI=1S/C15H19N5O4/c1-9(21)16-5-11-6-17-14(19-11)13-7-20(3-4-23-13)15(22)12-8-24-10(2)18-12/h6,8,13H,3-5,7H2,1-2H3,(H,16,21)(H,17,19). The third-order valence-corrected chi connectivity index (χ3v) is 3.67. The van der Waals surface area contributed by atoms with Crippen LogP contribution in [-0.2, 0) is 16.1 Å². The van der Waals surface area contributed by atoms with Gasteiger partial charge in [-0.2, -0.15) is 0 Å². The second-order valence-corrected chi connectivity index (χ2v) is 5.57. The monoisotopic (exact) mass is 333 g/mol. The first-order valence-corrected chi connectivity index (χ1v) is 7.64. The van der Waals surface area contributed by atoms with Crippen LogP contribution in [-0.4, -0.2) is 51.4 Å². The number of carbonyl (C=O) groups excluding carboxylic acids is 2. The average Bonchev–Trinajstić information content (AvgIpc) is 3.21. The highest BCUT2D eigenvalue weighted by Crippen LogP contribution is 2.21. The van der Waals surface area contributed by atoms with Gasteiger partial charge in [0.2, 0.25) is 5.91 Å². The van der Waals surface area contributed by atoms with Gasteiger partial charge in [0.25, 0.3) is 5.91 Å². The van der Waals surface area contributed by atoms with Gasteiger partial charge in [-0.05, 0) is 0 Å². The van der Waals surface area contributed by atoms with E-state index in [1.807, 2.05) is 0 Å². The summed E-state index contributed by atoms with van der Waals surface area (Å²) in [5.41, 5.74) is 1.07. The number of aryl methyl sites for hydroxylation is 1. The lowest BCUT2D eigenvalue weighted by atomic mass is 10.2. The van der Waals surface area contributed by atoms with Crippen LogP contribution in [0.25, 0.3) is 0 Å². The maximum Gasteiger partial charge on any atom is 0.275 e. The van der Waals surface area contributed by atoms with Crippen LogP contribution >= 0.6 is 0 Å². The summed E-state index contributed by atoms with van der Waals surface area (Å²) in [5, 5.41) is 2.69. The number of aromatic amines is 1. The zero-order chi connectivity index (χ0) is 17.1. The SMILES string of the molecule is CC(=O)NCc1cnc(C2CN(C(=O)c3coc(C)n3)CCO2)[nH]1. The van der Waals surface area contributed by atoms with Crippen molar-refractivity contribution in [3.05, 3.63) is 35.6 Å². The number of amides is 2. The second-order valence-electron chi connectivity index (χ2n) is 5.57. The first-order chi connectivity index (χ1) is 11.5. The lowest BCUT2D eigenvalue weighted by molar-refractivity contribution is -0.119. The summed E-state index contributed by atoms with van der Waals surface area (Å²) in [6.07, 6.45) is 2.67. The van der Waals surface area contributed by atoms with Gasteiger partial charge in [0.05, 0.1) is 31.6 Å². The number of ether oxygens (including phenoxy) is 1. The molecule has 1 aliphatic heterocycles. The van der Waals surface area contributed by atoms with E-state index in [4.69, 9.17) is 9.15 Å². The first-order valence-electron chi connectivity index (χ1n) is 7.64. The van der Waals surface area contributed by atoms with Crippen molar-refractivity contribution in [3.63, 3.8) is 0 Å². The number of hydrogen-bond donors (Lipinski definition) is 2. The molecule has 0 spiro atoms. The van der Waals surface area contributed by atoms with Gasteiger partial charge in [0.1, 0.15) is 18.2 Å². The number of hydrogen-bond acceptors (Lipinski definition) is 6. The fourth-order valence-corrected chi connectivity index (χ4v) is 2.47. The zero-order valence-electron chi connectivity index (χ0n) is 13.5. The molecule has 1 aliphatic rings. The first kappa shape index (κ1) is 16.2. The van der Waals surface area contributed by atoms with Crippen molar-refractivity contribution in [1.29, 1.82) is 0 Å². The van der Waals surface area contributed by atoms with Gasteiger partial charge in [-0.25, -0.2) is 9.97 Å². The number of imidazole rings is 1. The molecule has 9 heteroatoms. The number of aromatic nitrogens is 3. The van der Waals surface area contributed by atoms with Gasteiger partial charge in [0.15, 0.2) is 11.6 Å². The highest BCUT2D eigenvalue weighted by atomic mass is 16.5. The highest BCUT2D eigenvalue weighted by Gasteiger charge is 2.29. The van der Waals surface area contributed by atoms with E-state index in [-0.39, 0.29) is 17.9 Å². The summed E-state index contributed by atoms with van der Waals surface area (Å²) < 4.78 is 10.8. The summed E-state index contributed by atoms with van der Waals surface area (Å²) in [6.45, 7) is 4.79. The molecule has 0 aromatic carbocycles. The predicted octanol–water partition coefficient (Wildman–Crippen LogP) is 0.556. The molecule has 0 saturated carbocycles. The van der Waals surface area contributed by atoms with Crippen molar-refractivity contribution in [1.82, 2.24) is 25.2 Å². The van der Waals surface area contributed by atoms with E-state index in [2.05, 4.69) is 20.3 Å². The Bertz CT molecular complexity index is 738. The van der Waals surface area contributed by atoms with Crippen LogP contribution in [0.1, 0.15) is 40.9 Å². The molecule has 2 aromatic rings. The van der Waals surface area contributed by atoms with Crippen molar-refractivity contribution in [2.24, 2.45) is 0 Å². The van der Waals surface area contributed by atoms with Crippen LogP contribution in [0.15, 0.2) is 16.9 Å². The Hall–Kier alpha value is -2.68. The molecule has 1 fully saturated rings. The van der Waals surface area contributed by atoms with E-state index in [9.17, 15) is 9.59 Å². The Morgan fingerprint density at radius 2 is 2.33 bits per heavy atom. The van der Waals surface area contributed by atoms with Crippen LogP contribution in [0.3, 0.4) is 0 Å². The predicted molar refractivity (Wildman–Crippen MR) is 81.9 cm³/mol. The smallest absolute Gasteiger partial charge is 0.275 e. The number of H-pyrrole nitrogens is 1. The molecule has 2 N–H and O–H groups in total. The number of nitrogens with one attached hydrogen (secondary N) is 2. The third-order valence-electron chi connectivity index (χ3n) is 3.67. The van der Waals surface area contributed by atoms with Gasteiger partial charge in [-0.1, -0.05) is 0 Å². The van der Waals surface area contributed by atoms with Gasteiger partial charge in [-0.15, -0.1) is 0 Å². The lowest BCUT2D eigenvalue weighted by Crippen LogP contribution is -2.42. The van der Waals surface area contributed by atoms with E-state index in [1.54, 1.807) is 18.0 Å². The number of oxazole rings is 1. The maximum absolute atomic E-state index is 12.4. The molecule has 128 valence electrons. The molecule has 1 saturated heterocycles. The third kappa shape index (κ3) is 3.62. The average molecular weight is 333 g/mol. The number of morpholine rings is 1. The molecular formula is C15H19N5O4. The summed E-state index contributed by atoms with van der Waals surface area (Å²) in [5.74, 6) is 0.783. The Labute approximate surface area is 138 Å². The lowest BCUT2D eigenvalue weighted by Gasteiger charge is -2.31. The minimum atomic E-state index is -0.346. The minimum absolute atomic E-state index is 0.111. The minimum Gasteiger partial charge on any atom is -0.448 e. The van der Waals surface area contributed by atoms with Crippen LogP contribution in [0, 0.1) is 6.92 Å². The molecule has 1 atom stereocenters. The molecule has 0 bridgehead atoms. The second kappa shape index (κ2) is 6.83. The molecule has 3 heterocycles. The Kier molecular flexibility index (Phi) is 4.61. The van der Waals surface area contributed by atoms with E-state index in [0.717, 1.165) is 5.69 Å². The summed E-state index contributed by atoms with van der Waals surface area (Å²) in [6, 6.07) is 0.